The number of aryl methyl sites for hydroxylation is 3. The Kier molecular flexibility index (Phi) is 3.76. The van der Waals surface area contributed by atoms with Crippen LogP contribution in [0, 0.1) is 0 Å². The van der Waals surface area contributed by atoms with E-state index in [-0.39, 0.29) is 4.90 Å². The summed E-state index contributed by atoms with van der Waals surface area (Å²) in [5, 5.41) is 12.6. The van der Waals surface area contributed by atoms with Gasteiger partial charge in [-0.25, -0.2) is 8.42 Å². The quantitative estimate of drug-likeness (QED) is 0.788. The molecule has 0 aromatic carbocycles. The average molecular weight is 348 g/mol. The number of rotatable bonds is 3. The van der Waals surface area contributed by atoms with Crippen molar-refractivity contribution in [3.8, 4) is 0 Å². The minimum absolute atomic E-state index is 0.246. The fraction of sp³-hybridized carbons (Fsp3) is 0.533. The van der Waals surface area contributed by atoms with Crippen molar-refractivity contribution in [2.75, 3.05) is 31.1 Å². The van der Waals surface area contributed by atoms with Crippen LogP contribution in [0.15, 0.2) is 23.4 Å². The summed E-state index contributed by atoms with van der Waals surface area (Å²) in [6.45, 7) is 2.12. The molecule has 0 saturated carbocycles. The Balaban J connectivity index is 1.47. The van der Waals surface area contributed by atoms with Gasteiger partial charge in [0, 0.05) is 39.4 Å². The zero-order chi connectivity index (χ0) is 16.7. The van der Waals surface area contributed by atoms with Crippen LogP contribution in [0.4, 0.5) is 5.82 Å². The summed E-state index contributed by atoms with van der Waals surface area (Å²) in [5.74, 6) is 0.856. The van der Waals surface area contributed by atoms with E-state index in [2.05, 4.69) is 26.3 Å². The van der Waals surface area contributed by atoms with Crippen molar-refractivity contribution in [2.24, 2.45) is 7.05 Å². The van der Waals surface area contributed by atoms with Crippen LogP contribution in [0.1, 0.15) is 17.7 Å². The number of nitrogens with zero attached hydrogens (tertiary/aromatic N) is 6. The highest BCUT2D eigenvalue weighted by Crippen LogP contribution is 2.24. The molecule has 24 heavy (non-hydrogen) atoms. The largest absolute Gasteiger partial charge is 0.352 e. The molecule has 2 aromatic rings. The van der Waals surface area contributed by atoms with E-state index >= 15 is 0 Å². The van der Waals surface area contributed by atoms with E-state index < -0.39 is 10.0 Å². The average Bonchev–Trinajstić information content (AvgIpc) is 3.23. The van der Waals surface area contributed by atoms with Gasteiger partial charge in [-0.1, -0.05) is 0 Å². The minimum Gasteiger partial charge on any atom is -0.352 e. The Morgan fingerprint density at radius 3 is 2.58 bits per heavy atom. The number of aromatic nitrogens is 4. The van der Waals surface area contributed by atoms with E-state index in [1.165, 1.54) is 26.9 Å². The third-order valence-corrected chi connectivity index (χ3v) is 6.54. The van der Waals surface area contributed by atoms with E-state index in [0.29, 0.717) is 26.2 Å². The van der Waals surface area contributed by atoms with E-state index in [0.717, 1.165) is 30.8 Å². The molecule has 1 aliphatic heterocycles. The van der Waals surface area contributed by atoms with Crippen molar-refractivity contribution in [3.05, 3.63) is 29.7 Å². The topological polar surface area (TPSA) is 84.2 Å². The Morgan fingerprint density at radius 2 is 1.88 bits per heavy atom. The first-order chi connectivity index (χ1) is 11.5. The molecule has 0 spiro atoms. The highest BCUT2D eigenvalue weighted by atomic mass is 32.2. The lowest BCUT2D eigenvalue weighted by Crippen LogP contribution is -2.49. The van der Waals surface area contributed by atoms with Gasteiger partial charge in [0.2, 0.25) is 10.0 Å². The first-order valence-electron chi connectivity index (χ1n) is 8.13. The van der Waals surface area contributed by atoms with Gasteiger partial charge in [0.1, 0.15) is 4.90 Å². The van der Waals surface area contributed by atoms with Gasteiger partial charge in [-0.15, -0.1) is 5.10 Å². The fourth-order valence-electron chi connectivity index (χ4n) is 3.31. The fourth-order valence-corrected chi connectivity index (χ4v) is 4.72. The third kappa shape index (κ3) is 2.67. The number of fused-ring (bicyclic) bond motifs is 1. The van der Waals surface area contributed by atoms with Crippen LogP contribution in [0.3, 0.4) is 0 Å². The Labute approximate surface area is 141 Å². The van der Waals surface area contributed by atoms with Gasteiger partial charge in [0.05, 0.1) is 11.9 Å². The lowest BCUT2D eigenvalue weighted by molar-refractivity contribution is 0.383. The van der Waals surface area contributed by atoms with Crippen LogP contribution in [-0.4, -0.2) is 58.9 Å². The molecule has 0 radical (unpaired) electrons. The molecular weight excluding hydrogens is 328 g/mol. The highest BCUT2D eigenvalue weighted by molar-refractivity contribution is 7.89. The molecule has 3 heterocycles. The molecule has 128 valence electrons. The molecule has 4 rings (SSSR count). The molecule has 1 aliphatic carbocycles. The van der Waals surface area contributed by atoms with Crippen LogP contribution in [0.5, 0.6) is 0 Å². The first-order valence-corrected chi connectivity index (χ1v) is 9.57. The molecule has 0 unspecified atom stereocenters. The SMILES string of the molecule is Cn1cc(S(=O)(=O)N2CCN(c3cc4c(nn3)CCC4)CC2)cn1. The zero-order valence-corrected chi connectivity index (χ0v) is 14.4. The summed E-state index contributed by atoms with van der Waals surface area (Å²) in [5.41, 5.74) is 2.39. The molecular formula is C15H20N6O2S. The number of hydrogen-bond acceptors (Lipinski definition) is 6. The number of piperazine rings is 1. The smallest absolute Gasteiger partial charge is 0.246 e. The van der Waals surface area contributed by atoms with Crippen LogP contribution in [0.25, 0.3) is 0 Å². The molecule has 1 fully saturated rings. The molecule has 9 heteroatoms. The van der Waals surface area contributed by atoms with Crippen molar-refractivity contribution >= 4 is 15.8 Å². The Bertz CT molecular complexity index is 855. The summed E-state index contributed by atoms with van der Waals surface area (Å²) < 4.78 is 28.3. The second kappa shape index (κ2) is 5.82. The maximum Gasteiger partial charge on any atom is 0.246 e. The number of anilines is 1. The van der Waals surface area contributed by atoms with E-state index in [9.17, 15) is 8.42 Å². The van der Waals surface area contributed by atoms with Crippen LogP contribution >= 0.6 is 0 Å². The lowest BCUT2D eigenvalue weighted by atomic mass is 10.2. The van der Waals surface area contributed by atoms with E-state index in [1.54, 1.807) is 7.05 Å². The van der Waals surface area contributed by atoms with Crippen molar-refractivity contribution < 1.29 is 8.42 Å². The number of sulfonamides is 1. The summed E-state index contributed by atoms with van der Waals surface area (Å²) in [6.07, 6.45) is 6.15. The van der Waals surface area contributed by atoms with Crippen LogP contribution in [-0.2, 0) is 29.9 Å². The number of hydrogen-bond donors (Lipinski definition) is 0. The second-order valence-corrected chi connectivity index (χ2v) is 8.21. The van der Waals surface area contributed by atoms with Gasteiger partial charge in [0.25, 0.3) is 0 Å². The molecule has 0 bridgehead atoms. The van der Waals surface area contributed by atoms with Crippen LogP contribution in [0.2, 0.25) is 0 Å². The molecule has 1 saturated heterocycles. The van der Waals surface area contributed by atoms with E-state index in [4.69, 9.17) is 0 Å². The second-order valence-electron chi connectivity index (χ2n) is 6.27. The van der Waals surface area contributed by atoms with Crippen molar-refractivity contribution in [3.63, 3.8) is 0 Å². The molecule has 8 nitrogen and oxygen atoms in total. The summed E-state index contributed by atoms with van der Waals surface area (Å²) in [4.78, 5) is 2.36. The first kappa shape index (κ1) is 15.5. The van der Waals surface area contributed by atoms with Gasteiger partial charge >= 0.3 is 0 Å². The van der Waals surface area contributed by atoms with Crippen LogP contribution < -0.4 is 4.90 Å². The normalized spacial score (nSPS) is 18.8. The van der Waals surface area contributed by atoms with Gasteiger partial charge < -0.3 is 4.90 Å². The van der Waals surface area contributed by atoms with Gasteiger partial charge in [-0.05, 0) is 30.9 Å². The lowest BCUT2D eigenvalue weighted by Gasteiger charge is -2.34. The predicted octanol–water partition coefficient (Wildman–Crippen LogP) is 0.210. The molecule has 0 atom stereocenters. The summed E-state index contributed by atoms with van der Waals surface area (Å²) in [7, 11) is -1.76. The predicted molar refractivity (Wildman–Crippen MR) is 88.2 cm³/mol. The van der Waals surface area contributed by atoms with Crippen molar-refractivity contribution in [1.29, 1.82) is 0 Å². The zero-order valence-electron chi connectivity index (χ0n) is 13.6. The van der Waals surface area contributed by atoms with Gasteiger partial charge in [-0.2, -0.15) is 14.5 Å². The Morgan fingerprint density at radius 1 is 1.08 bits per heavy atom. The highest BCUT2D eigenvalue weighted by Gasteiger charge is 2.30. The summed E-state index contributed by atoms with van der Waals surface area (Å²) >= 11 is 0. The minimum atomic E-state index is -3.47. The van der Waals surface area contributed by atoms with E-state index in [1.807, 2.05) is 0 Å². The molecule has 2 aromatic heterocycles. The third-order valence-electron chi connectivity index (χ3n) is 4.69. The molecule has 0 amide bonds. The standard InChI is InChI=1S/C15H20N6O2S/c1-19-11-13(10-16-19)24(22,23)21-7-5-20(6-8-21)15-9-12-3-2-4-14(12)17-18-15/h9-11H,2-8H2,1H3. The monoisotopic (exact) mass is 348 g/mol. The maximum atomic E-state index is 12.6. The van der Waals surface area contributed by atoms with Gasteiger partial charge in [0.15, 0.2) is 5.82 Å². The molecule has 0 N–H and O–H groups in total. The molecule has 2 aliphatic rings. The van der Waals surface area contributed by atoms with Crippen molar-refractivity contribution in [2.45, 2.75) is 24.2 Å². The Hall–Kier alpha value is -2.00. The maximum absolute atomic E-state index is 12.6. The van der Waals surface area contributed by atoms with Crippen molar-refractivity contribution in [1.82, 2.24) is 24.3 Å². The van der Waals surface area contributed by atoms with Gasteiger partial charge in [-0.3, -0.25) is 4.68 Å². The summed E-state index contributed by atoms with van der Waals surface area (Å²) in [6, 6.07) is 2.11.